The second kappa shape index (κ2) is 10.1. The Labute approximate surface area is 217 Å². The molecule has 2 heterocycles. The summed E-state index contributed by atoms with van der Waals surface area (Å²) in [5.41, 5.74) is 5.78. The summed E-state index contributed by atoms with van der Waals surface area (Å²) in [5, 5.41) is 10.0. The summed E-state index contributed by atoms with van der Waals surface area (Å²) in [6.07, 6.45) is -4.02. The average molecular weight is 509 g/mol. The Balaban J connectivity index is 1.61. The quantitative estimate of drug-likeness (QED) is 0.412. The Morgan fingerprint density at radius 1 is 1.03 bits per heavy atom. The lowest BCUT2D eigenvalue weighted by Crippen LogP contribution is -2.44. The average Bonchev–Trinajstić information content (AvgIpc) is 3.18. The molecule has 6 heteroatoms. The van der Waals surface area contributed by atoms with Crippen LogP contribution >= 0.6 is 0 Å². The minimum absolute atomic E-state index is 0.368. The van der Waals surface area contributed by atoms with Gasteiger partial charge in [0.05, 0.1) is 6.54 Å². The van der Waals surface area contributed by atoms with Gasteiger partial charge in [-0.05, 0) is 67.0 Å². The number of piperidine rings is 1. The van der Waals surface area contributed by atoms with E-state index in [1.807, 2.05) is 30.3 Å². The maximum atomic E-state index is 13.4. The van der Waals surface area contributed by atoms with Crippen molar-refractivity contribution in [2.24, 2.45) is 5.92 Å². The van der Waals surface area contributed by atoms with Crippen LogP contribution in [-0.4, -0.2) is 43.6 Å². The molecule has 1 saturated heterocycles. The molecule has 0 radical (unpaired) electrons. The van der Waals surface area contributed by atoms with Crippen LogP contribution in [0.15, 0.2) is 72.8 Å². The number of hydrogen-bond acceptors (Lipinski definition) is 3. The van der Waals surface area contributed by atoms with Crippen LogP contribution in [0.3, 0.4) is 0 Å². The number of halogens is 3. The first-order chi connectivity index (χ1) is 17.7. The van der Waals surface area contributed by atoms with Crippen LogP contribution in [0.4, 0.5) is 24.5 Å². The zero-order chi connectivity index (χ0) is 26.2. The summed E-state index contributed by atoms with van der Waals surface area (Å²) in [6, 6.07) is 24.7. The normalized spacial score (nSPS) is 22.7. The third kappa shape index (κ3) is 5.22. The Bertz CT molecular complexity index is 1240. The monoisotopic (exact) mass is 508 g/mol. The topological polar surface area (TPSA) is 26.7 Å². The summed E-state index contributed by atoms with van der Waals surface area (Å²) in [5.74, 6) is 0.630. The molecule has 3 atom stereocenters. The van der Waals surface area contributed by atoms with E-state index in [0.717, 1.165) is 47.5 Å². The molecule has 0 saturated carbocycles. The highest BCUT2D eigenvalue weighted by atomic mass is 19.4. The molecule has 1 fully saturated rings. The molecule has 1 N–H and O–H groups in total. The van der Waals surface area contributed by atoms with Crippen molar-refractivity contribution in [1.29, 1.82) is 0 Å². The van der Waals surface area contributed by atoms with Gasteiger partial charge in [0, 0.05) is 36.4 Å². The molecule has 0 aromatic heterocycles. The van der Waals surface area contributed by atoms with Crippen molar-refractivity contribution in [2.75, 3.05) is 36.0 Å². The van der Waals surface area contributed by atoms with E-state index < -0.39 is 24.2 Å². The van der Waals surface area contributed by atoms with Gasteiger partial charge < -0.3 is 14.9 Å². The number of nitrogens with zero attached hydrogens (tertiary/aromatic N) is 2. The molecule has 0 aliphatic carbocycles. The summed E-state index contributed by atoms with van der Waals surface area (Å²) in [7, 11) is 0. The molecule has 3 aromatic carbocycles. The second-order valence-corrected chi connectivity index (χ2v) is 10.9. The van der Waals surface area contributed by atoms with Crippen molar-refractivity contribution >= 4 is 11.4 Å². The fourth-order valence-corrected chi connectivity index (χ4v) is 6.22. The van der Waals surface area contributed by atoms with Gasteiger partial charge in [-0.2, -0.15) is 13.2 Å². The largest absolute Gasteiger partial charge is 0.416 e. The van der Waals surface area contributed by atoms with Crippen molar-refractivity contribution < 1.29 is 18.3 Å². The summed E-state index contributed by atoms with van der Waals surface area (Å²) >= 11 is 0. The summed E-state index contributed by atoms with van der Waals surface area (Å²) < 4.78 is 40.2. The fraction of sp³-hybridized carbons (Fsp3) is 0.419. The Morgan fingerprint density at radius 3 is 2.57 bits per heavy atom. The molecule has 0 bridgehead atoms. The number of benzene rings is 3. The molecule has 37 heavy (non-hydrogen) atoms. The number of aliphatic hydroxyl groups is 1. The predicted octanol–water partition coefficient (Wildman–Crippen LogP) is 6.50. The predicted molar refractivity (Wildman–Crippen MR) is 143 cm³/mol. The Morgan fingerprint density at radius 2 is 1.81 bits per heavy atom. The standard InChI is InChI=1S/C31H35F3N2O/c1-22-8-5-10-24(16-22)18-30(25-11-6-12-26(17-25)35-15-7-9-23(2)19-35)21-36(20-29(37)31(32,33)34)28-14-4-3-13-27(28)30/h3-6,8,10-14,16-17,23,29,37H,7,9,15,18-21H2,1-2H3/t23-,29-,30?/m1/s1. The smallest absolute Gasteiger partial charge is 0.382 e. The lowest BCUT2D eigenvalue weighted by atomic mass is 9.71. The van der Waals surface area contributed by atoms with Crippen molar-refractivity contribution in [3.05, 3.63) is 95.1 Å². The summed E-state index contributed by atoms with van der Waals surface area (Å²) in [6.45, 7) is 6.25. The van der Waals surface area contributed by atoms with Crippen LogP contribution < -0.4 is 9.80 Å². The molecule has 3 aromatic rings. The molecule has 0 spiro atoms. The van der Waals surface area contributed by atoms with Gasteiger partial charge in [-0.15, -0.1) is 0 Å². The van der Waals surface area contributed by atoms with Crippen LogP contribution in [0.1, 0.15) is 42.0 Å². The van der Waals surface area contributed by atoms with Gasteiger partial charge in [-0.1, -0.05) is 67.1 Å². The number of aryl methyl sites for hydroxylation is 1. The van der Waals surface area contributed by atoms with E-state index in [9.17, 15) is 18.3 Å². The van der Waals surface area contributed by atoms with Gasteiger partial charge in [0.25, 0.3) is 0 Å². The highest BCUT2D eigenvalue weighted by molar-refractivity contribution is 5.68. The van der Waals surface area contributed by atoms with Crippen molar-refractivity contribution in [3.63, 3.8) is 0 Å². The van der Waals surface area contributed by atoms with Crippen LogP contribution in [0.2, 0.25) is 0 Å². The van der Waals surface area contributed by atoms with Crippen LogP contribution in [0.25, 0.3) is 0 Å². The number of rotatable bonds is 6. The number of para-hydroxylation sites is 1. The molecule has 2 aliphatic rings. The number of β-amino-alcohol motifs (C(OH)–C–C–N with tert-alkyl or cyclic N) is 1. The number of hydrogen-bond donors (Lipinski definition) is 1. The molecular weight excluding hydrogens is 473 g/mol. The van der Waals surface area contributed by atoms with E-state index in [1.165, 1.54) is 12.1 Å². The zero-order valence-corrected chi connectivity index (χ0v) is 21.5. The summed E-state index contributed by atoms with van der Waals surface area (Å²) in [4.78, 5) is 4.16. The van der Waals surface area contributed by atoms with Crippen LogP contribution in [0.5, 0.6) is 0 Å². The van der Waals surface area contributed by atoms with E-state index in [1.54, 1.807) is 4.90 Å². The molecule has 1 unspecified atom stereocenters. The van der Waals surface area contributed by atoms with Gasteiger partial charge in [0.1, 0.15) is 0 Å². The van der Waals surface area contributed by atoms with Gasteiger partial charge in [-0.25, -0.2) is 0 Å². The first-order valence-electron chi connectivity index (χ1n) is 13.2. The number of aliphatic hydroxyl groups excluding tert-OH is 1. The van der Waals surface area contributed by atoms with Crippen molar-refractivity contribution in [3.8, 4) is 0 Å². The number of alkyl halides is 3. The third-order valence-electron chi connectivity index (χ3n) is 8.00. The first-order valence-corrected chi connectivity index (χ1v) is 13.2. The maximum absolute atomic E-state index is 13.4. The maximum Gasteiger partial charge on any atom is 0.416 e. The molecule has 5 rings (SSSR count). The van der Waals surface area contributed by atoms with Crippen molar-refractivity contribution in [1.82, 2.24) is 0 Å². The van der Waals surface area contributed by atoms with Gasteiger partial charge in [0.15, 0.2) is 6.10 Å². The van der Waals surface area contributed by atoms with E-state index in [2.05, 4.69) is 61.2 Å². The minimum atomic E-state index is -4.67. The van der Waals surface area contributed by atoms with Gasteiger partial charge >= 0.3 is 6.18 Å². The SMILES string of the molecule is Cc1cccc(CC2(c3cccc(N4CCC[C@@H](C)C4)c3)CN(C[C@@H](O)C(F)(F)F)c3ccccc32)c1. The molecule has 0 amide bonds. The van der Waals surface area contributed by atoms with Crippen molar-refractivity contribution in [2.45, 2.75) is 50.8 Å². The lowest BCUT2D eigenvalue weighted by Gasteiger charge is -2.36. The highest BCUT2D eigenvalue weighted by Crippen LogP contribution is 2.48. The lowest BCUT2D eigenvalue weighted by molar-refractivity contribution is -0.200. The van der Waals surface area contributed by atoms with Crippen LogP contribution in [0, 0.1) is 12.8 Å². The van der Waals surface area contributed by atoms with E-state index in [-0.39, 0.29) is 0 Å². The number of anilines is 2. The Kier molecular flexibility index (Phi) is 6.97. The van der Waals surface area contributed by atoms with Gasteiger partial charge in [-0.3, -0.25) is 0 Å². The zero-order valence-electron chi connectivity index (χ0n) is 21.5. The highest BCUT2D eigenvalue weighted by Gasteiger charge is 2.47. The molecule has 2 aliphatic heterocycles. The molecule has 196 valence electrons. The van der Waals surface area contributed by atoms with Crippen LogP contribution in [-0.2, 0) is 11.8 Å². The molecule has 3 nitrogen and oxygen atoms in total. The van der Waals surface area contributed by atoms with Gasteiger partial charge in [0.2, 0.25) is 0 Å². The fourth-order valence-electron chi connectivity index (χ4n) is 6.22. The van der Waals surface area contributed by atoms with E-state index in [4.69, 9.17) is 0 Å². The third-order valence-corrected chi connectivity index (χ3v) is 8.00. The Hall–Kier alpha value is -2.99. The minimum Gasteiger partial charge on any atom is -0.382 e. The second-order valence-electron chi connectivity index (χ2n) is 10.9. The number of fused-ring (bicyclic) bond motifs is 1. The van der Waals surface area contributed by atoms with E-state index >= 15 is 0 Å². The molecular formula is C31H35F3N2O. The first kappa shape index (κ1) is 25.7. The van der Waals surface area contributed by atoms with E-state index in [0.29, 0.717) is 18.9 Å².